The van der Waals surface area contributed by atoms with Gasteiger partial charge in [0.15, 0.2) is 5.78 Å². The first-order valence-corrected chi connectivity index (χ1v) is 8.51. The number of rotatable bonds is 6. The number of furan rings is 1. The molecule has 2 aromatic carbocycles. The lowest BCUT2D eigenvalue weighted by molar-refractivity contribution is -0.0498. The van der Waals surface area contributed by atoms with E-state index in [1.54, 1.807) is 30.3 Å². The molecule has 0 aliphatic carbocycles. The summed E-state index contributed by atoms with van der Waals surface area (Å²) in [5, 5.41) is 0.795. The molecule has 0 bridgehead atoms. The van der Waals surface area contributed by atoms with Crippen molar-refractivity contribution >= 4 is 35.1 Å². The number of ketones is 1. The highest BCUT2D eigenvalue weighted by Gasteiger charge is 2.11. The first-order chi connectivity index (χ1) is 12.9. The molecule has 3 rings (SSSR count). The Hall–Kier alpha value is -2.63. The van der Waals surface area contributed by atoms with Gasteiger partial charge in [-0.25, -0.2) is 0 Å². The Morgan fingerprint density at radius 3 is 2.48 bits per heavy atom. The summed E-state index contributed by atoms with van der Waals surface area (Å²) < 4.78 is 34.2. The molecule has 0 saturated carbocycles. The second-order valence-corrected chi connectivity index (χ2v) is 6.19. The van der Waals surface area contributed by atoms with E-state index in [-0.39, 0.29) is 11.5 Å². The van der Waals surface area contributed by atoms with Crippen LogP contribution in [-0.2, 0) is 0 Å². The summed E-state index contributed by atoms with van der Waals surface area (Å²) in [6, 6.07) is 14.0. The summed E-state index contributed by atoms with van der Waals surface area (Å²) in [5.74, 6) is 0.645. The molecule has 0 fully saturated rings. The van der Waals surface area contributed by atoms with Crippen molar-refractivity contribution in [3.63, 3.8) is 0 Å². The lowest BCUT2D eigenvalue weighted by Gasteiger charge is -2.04. The van der Waals surface area contributed by atoms with Gasteiger partial charge < -0.3 is 9.15 Å². The molecule has 1 heterocycles. The number of ether oxygens (including phenoxy) is 1. The fourth-order valence-electron chi connectivity index (χ4n) is 2.34. The van der Waals surface area contributed by atoms with Gasteiger partial charge >= 0.3 is 6.61 Å². The van der Waals surface area contributed by atoms with Crippen LogP contribution >= 0.6 is 23.2 Å². The first-order valence-electron chi connectivity index (χ1n) is 7.75. The Labute approximate surface area is 163 Å². The smallest absolute Gasteiger partial charge is 0.387 e. The van der Waals surface area contributed by atoms with Crippen molar-refractivity contribution in [2.75, 3.05) is 0 Å². The molecule has 0 aliphatic rings. The third kappa shape index (κ3) is 4.76. The molecule has 1 aromatic heterocycles. The van der Waals surface area contributed by atoms with Crippen LogP contribution < -0.4 is 4.74 Å². The third-order valence-electron chi connectivity index (χ3n) is 3.61. The number of carbonyl (C=O) groups is 1. The Morgan fingerprint density at radius 1 is 1.04 bits per heavy atom. The van der Waals surface area contributed by atoms with E-state index in [4.69, 9.17) is 27.6 Å². The summed E-state index contributed by atoms with van der Waals surface area (Å²) >= 11 is 12.2. The molecule has 0 saturated heterocycles. The van der Waals surface area contributed by atoms with E-state index < -0.39 is 6.61 Å². The van der Waals surface area contributed by atoms with E-state index in [9.17, 15) is 13.6 Å². The van der Waals surface area contributed by atoms with Crippen LogP contribution in [0.1, 0.15) is 16.1 Å². The lowest BCUT2D eigenvalue weighted by atomic mass is 10.1. The number of alkyl halides is 2. The zero-order valence-corrected chi connectivity index (χ0v) is 15.2. The fourth-order valence-corrected chi connectivity index (χ4v) is 2.73. The molecular formula is C20H12Cl2F2O3. The predicted molar refractivity (Wildman–Crippen MR) is 101 cm³/mol. The van der Waals surface area contributed by atoms with Gasteiger partial charge in [-0.1, -0.05) is 29.3 Å². The van der Waals surface area contributed by atoms with Gasteiger partial charge in [0.2, 0.25) is 0 Å². The highest BCUT2D eigenvalue weighted by molar-refractivity contribution is 6.43. The van der Waals surface area contributed by atoms with E-state index in [1.807, 2.05) is 0 Å². The average Bonchev–Trinajstić information content (AvgIpc) is 3.11. The SMILES string of the molecule is O=C(C=Cc1ccc(-c2cccc(Cl)c2Cl)o1)c1ccc(OC(F)F)cc1. The van der Waals surface area contributed by atoms with Crippen molar-refractivity contribution in [1.29, 1.82) is 0 Å². The second-order valence-electron chi connectivity index (χ2n) is 5.40. The zero-order valence-electron chi connectivity index (χ0n) is 13.7. The maximum Gasteiger partial charge on any atom is 0.387 e. The monoisotopic (exact) mass is 408 g/mol. The summed E-state index contributed by atoms with van der Waals surface area (Å²) in [7, 11) is 0. The third-order valence-corrected chi connectivity index (χ3v) is 4.43. The van der Waals surface area contributed by atoms with Crippen molar-refractivity contribution in [3.05, 3.63) is 82.0 Å². The van der Waals surface area contributed by atoms with Crippen molar-refractivity contribution in [2.45, 2.75) is 6.61 Å². The summed E-state index contributed by atoms with van der Waals surface area (Å²) in [6.45, 7) is -2.91. The molecule has 0 spiro atoms. The van der Waals surface area contributed by atoms with Crippen LogP contribution in [0.3, 0.4) is 0 Å². The maximum atomic E-state index is 12.2. The number of benzene rings is 2. The maximum absolute atomic E-state index is 12.2. The van der Waals surface area contributed by atoms with Gasteiger partial charge in [0.1, 0.15) is 17.3 Å². The molecule has 138 valence electrons. The number of hydrogen-bond acceptors (Lipinski definition) is 3. The number of hydrogen-bond donors (Lipinski definition) is 0. The van der Waals surface area contributed by atoms with Gasteiger partial charge in [0, 0.05) is 11.1 Å². The minimum absolute atomic E-state index is 0.0143. The quantitative estimate of drug-likeness (QED) is 0.334. The number of carbonyl (C=O) groups excluding carboxylic acids is 1. The van der Waals surface area contributed by atoms with Gasteiger partial charge in [-0.2, -0.15) is 8.78 Å². The minimum atomic E-state index is -2.91. The van der Waals surface area contributed by atoms with Gasteiger partial charge in [0.25, 0.3) is 0 Å². The Bertz CT molecular complexity index is 979. The van der Waals surface area contributed by atoms with Crippen molar-refractivity contribution < 1.29 is 22.7 Å². The van der Waals surface area contributed by atoms with Crippen LogP contribution in [0.15, 0.2) is 65.1 Å². The topological polar surface area (TPSA) is 39.4 Å². The minimum Gasteiger partial charge on any atom is -0.457 e. The molecule has 0 N–H and O–H groups in total. The lowest BCUT2D eigenvalue weighted by Crippen LogP contribution is -2.02. The zero-order chi connectivity index (χ0) is 19.4. The Balaban J connectivity index is 1.72. The molecule has 27 heavy (non-hydrogen) atoms. The Morgan fingerprint density at radius 2 is 1.78 bits per heavy atom. The van der Waals surface area contributed by atoms with Crippen LogP contribution in [0.4, 0.5) is 8.78 Å². The van der Waals surface area contributed by atoms with E-state index >= 15 is 0 Å². The fraction of sp³-hybridized carbons (Fsp3) is 0.0500. The molecule has 3 nitrogen and oxygen atoms in total. The highest BCUT2D eigenvalue weighted by Crippen LogP contribution is 2.34. The summed E-state index contributed by atoms with van der Waals surface area (Å²) in [5.41, 5.74) is 0.974. The van der Waals surface area contributed by atoms with Crippen LogP contribution in [0.25, 0.3) is 17.4 Å². The highest BCUT2D eigenvalue weighted by atomic mass is 35.5. The van der Waals surface area contributed by atoms with Gasteiger partial charge in [-0.05, 0) is 60.7 Å². The van der Waals surface area contributed by atoms with Crippen molar-refractivity contribution in [2.24, 2.45) is 0 Å². The molecule has 0 radical (unpaired) electrons. The van der Waals surface area contributed by atoms with E-state index in [2.05, 4.69) is 4.74 Å². The van der Waals surface area contributed by atoms with E-state index in [0.717, 1.165) is 0 Å². The van der Waals surface area contributed by atoms with E-state index in [1.165, 1.54) is 36.4 Å². The molecule has 0 atom stereocenters. The summed E-state index contributed by atoms with van der Waals surface area (Å²) in [6.07, 6.45) is 2.83. The first kappa shape index (κ1) is 19.1. The number of allylic oxidation sites excluding steroid dienone is 1. The molecule has 7 heteroatoms. The molecule has 3 aromatic rings. The molecule has 0 unspecified atom stereocenters. The van der Waals surface area contributed by atoms with Crippen LogP contribution in [-0.4, -0.2) is 12.4 Å². The second kappa shape index (κ2) is 8.37. The van der Waals surface area contributed by atoms with Crippen LogP contribution in [0.2, 0.25) is 10.0 Å². The van der Waals surface area contributed by atoms with E-state index in [0.29, 0.717) is 32.7 Å². The normalized spacial score (nSPS) is 11.3. The van der Waals surface area contributed by atoms with Crippen LogP contribution in [0.5, 0.6) is 5.75 Å². The van der Waals surface area contributed by atoms with Crippen LogP contribution in [0, 0.1) is 0 Å². The largest absolute Gasteiger partial charge is 0.457 e. The average molecular weight is 409 g/mol. The predicted octanol–water partition coefficient (Wildman–Crippen LogP) is 6.75. The Kier molecular flexibility index (Phi) is 5.94. The van der Waals surface area contributed by atoms with Crippen molar-refractivity contribution in [1.82, 2.24) is 0 Å². The number of halogens is 4. The van der Waals surface area contributed by atoms with Gasteiger partial charge in [0.05, 0.1) is 10.0 Å². The summed E-state index contributed by atoms with van der Waals surface area (Å²) in [4.78, 5) is 12.2. The van der Waals surface area contributed by atoms with Gasteiger partial charge in [-0.3, -0.25) is 4.79 Å². The molecule has 0 amide bonds. The molecular weight excluding hydrogens is 397 g/mol. The van der Waals surface area contributed by atoms with Gasteiger partial charge in [-0.15, -0.1) is 0 Å². The molecule has 0 aliphatic heterocycles. The van der Waals surface area contributed by atoms with Crippen molar-refractivity contribution in [3.8, 4) is 17.1 Å². The standard InChI is InChI=1S/C20H12Cl2F2O3/c21-16-3-1-2-15(19(16)22)18-11-9-13(26-18)8-10-17(25)12-4-6-14(7-5-12)27-20(23)24/h1-11,20H.